The topological polar surface area (TPSA) is 67.3 Å². The van der Waals surface area contributed by atoms with E-state index in [1.165, 1.54) is 37.2 Å². The predicted molar refractivity (Wildman–Crippen MR) is 123 cm³/mol. The number of aryl methyl sites for hydroxylation is 2. The Kier molecular flexibility index (Phi) is 5.41. The molecule has 5 rings (SSSR count). The standard InChI is InChI=1S/C23H27N5OS/c1-15-16(2)30-23-21(15)22(26-20(27-23)14-28-9-11-29-12-10-28)24-8-7-17-13-25-19-6-4-3-5-18(17)19/h3-6,13,25H,7-12,14H2,1-2H3,(H,24,26,27)/p+1. The van der Waals surface area contributed by atoms with Crippen molar-refractivity contribution in [3.05, 3.63) is 52.3 Å². The Labute approximate surface area is 180 Å². The zero-order valence-corrected chi connectivity index (χ0v) is 18.4. The van der Waals surface area contributed by atoms with Crippen LogP contribution < -0.4 is 10.2 Å². The van der Waals surface area contributed by atoms with Gasteiger partial charge in [0.1, 0.15) is 30.3 Å². The fourth-order valence-electron chi connectivity index (χ4n) is 4.22. The number of anilines is 1. The molecular formula is C23H28N5OS+. The van der Waals surface area contributed by atoms with E-state index in [2.05, 4.69) is 54.6 Å². The molecule has 1 aliphatic rings. The summed E-state index contributed by atoms with van der Waals surface area (Å²) in [6.07, 6.45) is 3.07. The van der Waals surface area contributed by atoms with E-state index in [0.717, 1.165) is 62.3 Å². The number of morpholine rings is 1. The molecule has 0 aliphatic carbocycles. The van der Waals surface area contributed by atoms with Crippen molar-refractivity contribution in [2.24, 2.45) is 0 Å². The van der Waals surface area contributed by atoms with Gasteiger partial charge in [0.15, 0.2) is 5.82 Å². The number of thiophene rings is 1. The lowest BCUT2D eigenvalue weighted by molar-refractivity contribution is -0.922. The maximum atomic E-state index is 5.49. The molecule has 0 amide bonds. The average molecular weight is 423 g/mol. The van der Waals surface area contributed by atoms with E-state index in [9.17, 15) is 0 Å². The van der Waals surface area contributed by atoms with Gasteiger partial charge in [0, 0.05) is 28.5 Å². The van der Waals surface area contributed by atoms with Crippen LogP contribution in [-0.2, 0) is 17.7 Å². The highest BCUT2D eigenvalue weighted by Crippen LogP contribution is 2.33. The largest absolute Gasteiger partial charge is 0.370 e. The van der Waals surface area contributed by atoms with Crippen molar-refractivity contribution >= 4 is 38.3 Å². The summed E-state index contributed by atoms with van der Waals surface area (Å²) in [7, 11) is 0. The first-order valence-electron chi connectivity index (χ1n) is 10.7. The Morgan fingerprint density at radius 2 is 2.00 bits per heavy atom. The number of H-pyrrole nitrogens is 1. The zero-order chi connectivity index (χ0) is 20.5. The number of hydrogen-bond donors (Lipinski definition) is 3. The molecule has 0 spiro atoms. The Morgan fingerprint density at radius 3 is 2.87 bits per heavy atom. The van der Waals surface area contributed by atoms with Gasteiger partial charge in [-0.1, -0.05) is 18.2 Å². The van der Waals surface area contributed by atoms with Crippen LogP contribution in [0.2, 0.25) is 0 Å². The van der Waals surface area contributed by atoms with E-state index in [4.69, 9.17) is 14.7 Å². The monoisotopic (exact) mass is 422 g/mol. The molecule has 3 aromatic heterocycles. The van der Waals surface area contributed by atoms with Gasteiger partial charge in [0.2, 0.25) is 0 Å². The number of ether oxygens (including phenoxy) is 1. The molecule has 156 valence electrons. The molecule has 1 aliphatic heterocycles. The lowest BCUT2D eigenvalue weighted by Crippen LogP contribution is -3.12. The SMILES string of the molecule is Cc1sc2nc(C[NH+]3CCOCC3)nc(NCCc3c[nH]c4ccccc34)c2c1C. The number of benzene rings is 1. The van der Waals surface area contributed by atoms with Gasteiger partial charge in [-0.15, -0.1) is 11.3 Å². The third-order valence-electron chi connectivity index (χ3n) is 6.04. The number of aromatic amines is 1. The number of aromatic nitrogens is 3. The van der Waals surface area contributed by atoms with E-state index < -0.39 is 0 Å². The summed E-state index contributed by atoms with van der Waals surface area (Å²) in [5.74, 6) is 1.90. The highest BCUT2D eigenvalue weighted by molar-refractivity contribution is 7.18. The van der Waals surface area contributed by atoms with Crippen molar-refractivity contribution in [3.8, 4) is 0 Å². The maximum Gasteiger partial charge on any atom is 0.187 e. The van der Waals surface area contributed by atoms with Crippen LogP contribution in [0.5, 0.6) is 0 Å². The fourth-order valence-corrected chi connectivity index (χ4v) is 5.26. The summed E-state index contributed by atoms with van der Waals surface area (Å²) in [5, 5.41) is 6.11. The predicted octanol–water partition coefficient (Wildman–Crippen LogP) is 2.86. The summed E-state index contributed by atoms with van der Waals surface area (Å²) in [6.45, 7) is 9.73. The van der Waals surface area contributed by atoms with E-state index in [-0.39, 0.29) is 0 Å². The van der Waals surface area contributed by atoms with Crippen LogP contribution in [0.1, 0.15) is 21.8 Å². The highest BCUT2D eigenvalue weighted by atomic mass is 32.1. The van der Waals surface area contributed by atoms with E-state index in [0.29, 0.717) is 0 Å². The van der Waals surface area contributed by atoms with Gasteiger partial charge in [0.25, 0.3) is 0 Å². The first-order chi connectivity index (χ1) is 14.7. The summed E-state index contributed by atoms with van der Waals surface area (Å²) in [4.78, 5) is 17.2. The van der Waals surface area contributed by atoms with Gasteiger partial charge in [-0.2, -0.15) is 0 Å². The Morgan fingerprint density at radius 1 is 1.17 bits per heavy atom. The molecule has 30 heavy (non-hydrogen) atoms. The molecule has 0 bridgehead atoms. The summed E-state index contributed by atoms with van der Waals surface area (Å²) in [6, 6.07) is 8.47. The Balaban J connectivity index is 1.38. The van der Waals surface area contributed by atoms with Gasteiger partial charge in [-0.3, -0.25) is 0 Å². The second-order valence-corrected chi connectivity index (χ2v) is 9.23. The smallest absolute Gasteiger partial charge is 0.187 e. The molecule has 4 heterocycles. The number of rotatable bonds is 6. The third kappa shape index (κ3) is 3.80. The molecule has 6 nitrogen and oxygen atoms in total. The van der Waals surface area contributed by atoms with E-state index >= 15 is 0 Å². The molecule has 0 unspecified atom stereocenters. The lowest BCUT2D eigenvalue weighted by atomic mass is 10.1. The molecule has 1 saturated heterocycles. The average Bonchev–Trinajstić information content (AvgIpc) is 3.29. The van der Waals surface area contributed by atoms with Crippen molar-refractivity contribution in [1.82, 2.24) is 15.0 Å². The lowest BCUT2D eigenvalue weighted by Gasteiger charge is -2.23. The van der Waals surface area contributed by atoms with Crippen LogP contribution in [0.25, 0.3) is 21.1 Å². The fraction of sp³-hybridized carbons (Fsp3) is 0.391. The molecular weight excluding hydrogens is 394 g/mol. The van der Waals surface area contributed by atoms with Gasteiger partial charge < -0.3 is 19.9 Å². The van der Waals surface area contributed by atoms with Gasteiger partial charge in [0.05, 0.1) is 18.6 Å². The molecule has 1 fully saturated rings. The number of hydrogen-bond acceptors (Lipinski definition) is 5. The van der Waals surface area contributed by atoms with Crippen LogP contribution in [-0.4, -0.2) is 47.8 Å². The zero-order valence-electron chi connectivity index (χ0n) is 17.5. The first-order valence-corrected chi connectivity index (χ1v) is 11.5. The van der Waals surface area contributed by atoms with Crippen molar-refractivity contribution in [2.75, 3.05) is 38.2 Å². The van der Waals surface area contributed by atoms with Crippen molar-refractivity contribution in [2.45, 2.75) is 26.8 Å². The van der Waals surface area contributed by atoms with Crippen LogP contribution >= 0.6 is 11.3 Å². The second-order valence-electron chi connectivity index (χ2n) is 8.03. The summed E-state index contributed by atoms with van der Waals surface area (Å²) < 4.78 is 5.49. The molecule has 3 N–H and O–H groups in total. The molecule has 0 saturated carbocycles. The molecule has 1 aromatic carbocycles. The van der Waals surface area contributed by atoms with Crippen LogP contribution in [0.4, 0.5) is 5.82 Å². The minimum Gasteiger partial charge on any atom is -0.370 e. The van der Waals surface area contributed by atoms with Crippen molar-refractivity contribution in [1.29, 1.82) is 0 Å². The number of nitrogens with one attached hydrogen (secondary N) is 3. The van der Waals surface area contributed by atoms with Crippen molar-refractivity contribution in [3.63, 3.8) is 0 Å². The Bertz CT molecular complexity index is 1180. The van der Waals surface area contributed by atoms with Crippen LogP contribution in [0.15, 0.2) is 30.5 Å². The minimum atomic E-state index is 0.824. The van der Waals surface area contributed by atoms with Gasteiger partial charge in [-0.25, -0.2) is 9.97 Å². The van der Waals surface area contributed by atoms with Crippen LogP contribution in [0.3, 0.4) is 0 Å². The first kappa shape index (κ1) is 19.5. The number of quaternary nitrogens is 1. The van der Waals surface area contributed by atoms with E-state index in [1.807, 2.05) is 0 Å². The maximum absolute atomic E-state index is 5.49. The summed E-state index contributed by atoms with van der Waals surface area (Å²) >= 11 is 1.77. The minimum absolute atomic E-state index is 0.824. The van der Waals surface area contributed by atoms with Crippen LogP contribution in [0, 0.1) is 13.8 Å². The normalized spacial score (nSPS) is 15.3. The molecule has 7 heteroatoms. The quantitative estimate of drug-likeness (QED) is 0.447. The second kappa shape index (κ2) is 8.34. The number of fused-ring (bicyclic) bond motifs is 2. The van der Waals surface area contributed by atoms with Gasteiger partial charge >= 0.3 is 0 Å². The molecule has 0 radical (unpaired) electrons. The molecule has 4 aromatic rings. The Hall–Kier alpha value is -2.48. The number of nitrogens with zero attached hydrogens (tertiary/aromatic N) is 2. The van der Waals surface area contributed by atoms with Crippen molar-refractivity contribution < 1.29 is 9.64 Å². The number of para-hydroxylation sites is 1. The van der Waals surface area contributed by atoms with Gasteiger partial charge in [-0.05, 0) is 37.5 Å². The van der Waals surface area contributed by atoms with E-state index in [1.54, 1.807) is 11.3 Å². The highest BCUT2D eigenvalue weighted by Gasteiger charge is 2.19. The molecule has 0 atom stereocenters. The third-order valence-corrected chi connectivity index (χ3v) is 7.15. The summed E-state index contributed by atoms with van der Waals surface area (Å²) in [5.41, 5.74) is 3.81.